The van der Waals surface area contributed by atoms with Gasteiger partial charge in [-0.3, -0.25) is 0 Å². The molecule has 0 N–H and O–H groups in total. The van der Waals surface area contributed by atoms with E-state index < -0.39 is 17.2 Å². The lowest BCUT2D eigenvalue weighted by molar-refractivity contribution is 0.261. The molecule has 2 fully saturated rings. The van der Waals surface area contributed by atoms with Gasteiger partial charge in [-0.2, -0.15) is 0 Å². The second-order valence-electron chi connectivity index (χ2n) is 3.09. The highest BCUT2D eigenvalue weighted by molar-refractivity contribution is 8.76. The Kier molecular flexibility index (Phi) is 8.82. The third-order valence-electron chi connectivity index (χ3n) is 1.76. The molecule has 0 aromatic rings. The van der Waals surface area contributed by atoms with Crippen LogP contribution in [0.4, 0.5) is 0 Å². The Morgan fingerprint density at radius 1 is 0.722 bits per heavy atom. The molecule has 0 amide bonds. The molecule has 0 aliphatic carbocycles. The Morgan fingerprint density at radius 3 is 1.50 bits per heavy atom. The van der Waals surface area contributed by atoms with Crippen LogP contribution in [0.25, 0.3) is 0 Å². The first kappa shape index (κ1) is 15.7. The van der Waals surface area contributed by atoms with Gasteiger partial charge in [0.05, 0.1) is 39.6 Å². The molecule has 0 atom stereocenters. The summed E-state index contributed by atoms with van der Waals surface area (Å²) in [5.41, 5.74) is 0. The quantitative estimate of drug-likeness (QED) is 0.362. The van der Waals surface area contributed by atoms with E-state index in [9.17, 15) is 0 Å². The lowest BCUT2D eigenvalue weighted by Crippen LogP contribution is -1.94. The monoisotopic (exact) mass is 334 g/mol. The zero-order valence-corrected chi connectivity index (χ0v) is 13.2. The van der Waals surface area contributed by atoms with Gasteiger partial charge in [0.15, 0.2) is 0 Å². The van der Waals surface area contributed by atoms with Crippen molar-refractivity contribution in [3.8, 4) is 0 Å². The smallest absolute Gasteiger partial charge is 0.311 e. The normalized spacial score (nSPS) is 22.0. The van der Waals surface area contributed by atoms with Crippen LogP contribution in [0, 0.1) is 0 Å². The molecule has 0 spiro atoms. The van der Waals surface area contributed by atoms with Gasteiger partial charge in [0, 0.05) is 11.5 Å². The maximum absolute atomic E-state index is 5.41. The van der Waals surface area contributed by atoms with Crippen molar-refractivity contribution in [1.29, 1.82) is 0 Å². The zero-order chi connectivity index (χ0) is 12.5. The van der Waals surface area contributed by atoms with Crippen LogP contribution in [0.15, 0.2) is 0 Å². The fourth-order valence-electron chi connectivity index (χ4n) is 1.08. The summed E-state index contributed by atoms with van der Waals surface area (Å²) in [4.78, 5) is 0. The van der Waals surface area contributed by atoms with Crippen molar-refractivity contribution < 1.29 is 27.1 Å². The molecular weight excluding hydrogens is 318 g/mol. The number of hydrogen-bond acceptors (Lipinski definition) is 8. The van der Waals surface area contributed by atoms with Gasteiger partial charge in [0.25, 0.3) is 0 Å². The zero-order valence-electron chi connectivity index (χ0n) is 9.82. The van der Waals surface area contributed by atoms with Gasteiger partial charge < -0.3 is 27.1 Å². The number of rotatable bonds is 9. The van der Waals surface area contributed by atoms with Gasteiger partial charge in [-0.1, -0.05) is 21.6 Å². The third kappa shape index (κ3) is 6.66. The van der Waals surface area contributed by atoms with Gasteiger partial charge in [0.2, 0.25) is 0 Å². The van der Waals surface area contributed by atoms with Crippen molar-refractivity contribution in [2.24, 2.45) is 0 Å². The molecule has 2 heterocycles. The summed E-state index contributed by atoms with van der Waals surface area (Å²) in [7, 11) is 1.40. The molecule has 6 nitrogen and oxygen atoms in total. The minimum Gasteiger partial charge on any atom is -0.311 e. The largest absolute Gasteiger partial charge is 0.332 e. The fourth-order valence-corrected chi connectivity index (χ4v) is 4.80. The van der Waals surface area contributed by atoms with Gasteiger partial charge in [0.1, 0.15) is 0 Å². The summed E-state index contributed by atoms with van der Waals surface area (Å²) in [6.07, 6.45) is 0. The van der Waals surface area contributed by atoms with E-state index in [4.69, 9.17) is 27.1 Å². The summed E-state index contributed by atoms with van der Waals surface area (Å²) in [5, 5.41) is 0. The second kappa shape index (κ2) is 10.1. The van der Waals surface area contributed by atoms with E-state index in [0.29, 0.717) is 39.6 Å². The van der Waals surface area contributed by atoms with Crippen LogP contribution in [0.3, 0.4) is 0 Å². The molecule has 2 aliphatic rings. The maximum Gasteiger partial charge on any atom is 0.332 e. The lowest BCUT2D eigenvalue weighted by atomic mass is 10.8. The molecule has 18 heavy (non-hydrogen) atoms. The molecule has 0 aromatic heterocycles. The van der Waals surface area contributed by atoms with Gasteiger partial charge in [-0.15, -0.1) is 0 Å². The van der Waals surface area contributed by atoms with Crippen molar-refractivity contribution in [1.82, 2.24) is 0 Å². The molecule has 106 valence electrons. The highest BCUT2D eigenvalue weighted by Crippen LogP contribution is 2.44. The van der Waals surface area contributed by atoms with E-state index in [1.54, 1.807) is 21.6 Å². The van der Waals surface area contributed by atoms with E-state index in [1.165, 1.54) is 0 Å². The number of hydrogen-bond donors (Lipinski definition) is 0. The first-order chi connectivity index (χ1) is 8.95. The van der Waals surface area contributed by atoms with E-state index in [2.05, 4.69) is 0 Å². The highest BCUT2D eigenvalue weighted by atomic mass is 33.1. The summed E-state index contributed by atoms with van der Waals surface area (Å²) < 4.78 is 31.7. The van der Waals surface area contributed by atoms with E-state index in [0.717, 1.165) is 11.5 Å². The topological polar surface area (TPSA) is 55.4 Å². The van der Waals surface area contributed by atoms with Crippen LogP contribution >= 0.6 is 38.8 Å². The summed E-state index contributed by atoms with van der Waals surface area (Å²) in [5.74, 6) is 1.83. The highest BCUT2D eigenvalue weighted by Gasteiger charge is 2.19. The third-order valence-corrected chi connectivity index (χ3v) is 6.46. The first-order valence-corrected chi connectivity index (χ1v) is 10.3. The standard InChI is InChI=1S/C8H16O6P2S2/c1-2-10-15(9-1)13-5-7-17-18-8-6-14-16-11-3-4-12-16/h1-8H2. The Balaban J connectivity index is 1.31. The molecule has 0 unspecified atom stereocenters. The maximum atomic E-state index is 5.41. The molecule has 2 rings (SSSR count). The van der Waals surface area contributed by atoms with Crippen molar-refractivity contribution >= 4 is 38.8 Å². The minimum absolute atomic E-state index is 0.651. The van der Waals surface area contributed by atoms with Crippen LogP contribution in [0.1, 0.15) is 0 Å². The van der Waals surface area contributed by atoms with Gasteiger partial charge in [-0.05, 0) is 0 Å². The van der Waals surface area contributed by atoms with Crippen LogP contribution < -0.4 is 0 Å². The lowest BCUT2D eigenvalue weighted by Gasteiger charge is -2.08. The van der Waals surface area contributed by atoms with Crippen LogP contribution in [-0.4, -0.2) is 51.1 Å². The van der Waals surface area contributed by atoms with E-state index in [1.807, 2.05) is 0 Å². The Morgan fingerprint density at radius 2 is 1.11 bits per heavy atom. The van der Waals surface area contributed by atoms with Crippen molar-refractivity contribution in [3.63, 3.8) is 0 Å². The van der Waals surface area contributed by atoms with Crippen molar-refractivity contribution in [3.05, 3.63) is 0 Å². The SMILES string of the molecule is C1COP(OCCSSCCOP2OCCO2)O1. The predicted molar refractivity (Wildman–Crippen MR) is 74.5 cm³/mol. The average Bonchev–Trinajstić information content (AvgIpc) is 3.05. The molecule has 10 heteroatoms. The summed E-state index contributed by atoms with van der Waals surface area (Å²) in [6.45, 7) is 3.92. The molecule has 0 bridgehead atoms. The first-order valence-electron chi connectivity index (χ1n) is 5.57. The van der Waals surface area contributed by atoms with Crippen LogP contribution in [0.5, 0.6) is 0 Å². The average molecular weight is 334 g/mol. The molecular formula is C8H16O6P2S2. The molecule has 0 saturated carbocycles. The van der Waals surface area contributed by atoms with Crippen molar-refractivity contribution in [2.75, 3.05) is 51.1 Å². The van der Waals surface area contributed by atoms with Crippen LogP contribution in [0.2, 0.25) is 0 Å². The molecule has 2 aliphatic heterocycles. The molecule has 0 aromatic carbocycles. The van der Waals surface area contributed by atoms with Gasteiger partial charge >= 0.3 is 17.2 Å². The minimum atomic E-state index is -1.06. The second-order valence-corrected chi connectivity index (χ2v) is 8.24. The summed E-state index contributed by atoms with van der Waals surface area (Å²) in [6, 6.07) is 0. The predicted octanol–water partition coefficient (Wildman–Crippen LogP) is 2.95. The Labute approximate surface area is 117 Å². The summed E-state index contributed by atoms with van der Waals surface area (Å²) >= 11 is 0. The molecule has 0 radical (unpaired) electrons. The molecule has 2 saturated heterocycles. The van der Waals surface area contributed by atoms with E-state index in [-0.39, 0.29) is 0 Å². The Bertz CT molecular complexity index is 194. The Hall–Kier alpha value is 1.32. The van der Waals surface area contributed by atoms with E-state index >= 15 is 0 Å². The fraction of sp³-hybridized carbons (Fsp3) is 1.00. The van der Waals surface area contributed by atoms with Gasteiger partial charge in [-0.25, -0.2) is 0 Å². The van der Waals surface area contributed by atoms with Crippen molar-refractivity contribution in [2.45, 2.75) is 0 Å². The van der Waals surface area contributed by atoms with Crippen LogP contribution in [-0.2, 0) is 27.1 Å².